The maximum atomic E-state index is 13.7. The molecule has 2 rings (SSSR count). The number of rotatable bonds is 3. The van der Waals surface area contributed by atoms with Crippen molar-refractivity contribution in [3.63, 3.8) is 0 Å². The Balaban J connectivity index is 2.31. The number of aryl methyl sites for hydroxylation is 2. The smallest absolute Gasteiger partial charge is 0.163 e. The van der Waals surface area contributed by atoms with Gasteiger partial charge in [-0.1, -0.05) is 23.7 Å². The zero-order valence-electron chi connectivity index (χ0n) is 10.6. The summed E-state index contributed by atoms with van der Waals surface area (Å²) in [6, 6.07) is 3.29. The first-order valence-corrected chi connectivity index (χ1v) is 6.17. The lowest BCUT2D eigenvalue weighted by Gasteiger charge is -2.13. The van der Waals surface area contributed by atoms with Gasteiger partial charge in [-0.2, -0.15) is 5.10 Å². The van der Waals surface area contributed by atoms with Crippen LogP contribution in [0.5, 0.6) is 0 Å². The summed E-state index contributed by atoms with van der Waals surface area (Å²) in [5.74, 6) is -1.81. The van der Waals surface area contributed by atoms with E-state index in [0.29, 0.717) is 16.4 Å². The van der Waals surface area contributed by atoms with Gasteiger partial charge in [0.15, 0.2) is 11.6 Å². The summed E-state index contributed by atoms with van der Waals surface area (Å²) < 4.78 is 28.4. The van der Waals surface area contributed by atoms with E-state index < -0.39 is 17.7 Å². The lowest BCUT2D eigenvalue weighted by Crippen LogP contribution is -2.17. The van der Waals surface area contributed by atoms with Crippen molar-refractivity contribution in [1.29, 1.82) is 0 Å². The van der Waals surface area contributed by atoms with Gasteiger partial charge < -0.3 is 5.73 Å². The summed E-state index contributed by atoms with van der Waals surface area (Å²) in [4.78, 5) is 0. The van der Waals surface area contributed by atoms with Gasteiger partial charge in [-0.3, -0.25) is 4.68 Å². The Hall–Kier alpha value is -1.46. The summed E-state index contributed by atoms with van der Waals surface area (Å²) in [5.41, 5.74) is 7.46. The number of benzene rings is 1. The third kappa shape index (κ3) is 2.62. The molecule has 0 saturated carbocycles. The average molecular weight is 286 g/mol. The molecule has 1 aromatic carbocycles. The van der Waals surface area contributed by atoms with E-state index >= 15 is 0 Å². The van der Waals surface area contributed by atoms with Crippen molar-refractivity contribution in [1.82, 2.24) is 9.78 Å². The minimum Gasteiger partial charge on any atom is -0.324 e. The fourth-order valence-corrected chi connectivity index (χ4v) is 2.26. The molecule has 1 heterocycles. The Bertz CT molecular complexity index is 610. The number of halogens is 3. The third-order valence-corrected chi connectivity index (χ3v) is 3.55. The highest BCUT2D eigenvalue weighted by molar-refractivity contribution is 6.31. The zero-order valence-corrected chi connectivity index (χ0v) is 11.4. The van der Waals surface area contributed by atoms with Crippen LogP contribution < -0.4 is 5.73 Å². The molecule has 0 spiro atoms. The zero-order chi connectivity index (χ0) is 14.2. The number of hydrogen-bond donors (Lipinski definition) is 1. The molecule has 19 heavy (non-hydrogen) atoms. The molecule has 1 atom stereocenters. The molecule has 0 saturated heterocycles. The number of nitrogens with two attached hydrogens (primary N) is 1. The van der Waals surface area contributed by atoms with E-state index in [9.17, 15) is 8.78 Å². The van der Waals surface area contributed by atoms with Crippen LogP contribution in [-0.4, -0.2) is 9.78 Å². The highest BCUT2D eigenvalue weighted by atomic mass is 35.5. The second kappa shape index (κ2) is 5.27. The fraction of sp³-hybridized carbons (Fsp3) is 0.308. The topological polar surface area (TPSA) is 43.8 Å². The van der Waals surface area contributed by atoms with E-state index in [1.165, 1.54) is 12.1 Å². The minimum absolute atomic E-state index is 0.134. The van der Waals surface area contributed by atoms with Gasteiger partial charge in [-0.05, 0) is 13.0 Å². The predicted octanol–water partition coefficient (Wildman–Crippen LogP) is 2.90. The van der Waals surface area contributed by atoms with E-state index in [1.54, 1.807) is 18.7 Å². The molecule has 2 aromatic rings. The molecular weight excluding hydrogens is 272 g/mol. The summed E-state index contributed by atoms with van der Waals surface area (Å²) in [7, 11) is 1.74. The average Bonchev–Trinajstić information content (AvgIpc) is 2.59. The third-order valence-electron chi connectivity index (χ3n) is 3.06. The van der Waals surface area contributed by atoms with Gasteiger partial charge in [0, 0.05) is 25.1 Å². The molecule has 1 aromatic heterocycles. The van der Waals surface area contributed by atoms with E-state index in [4.69, 9.17) is 17.3 Å². The Morgan fingerprint density at radius 1 is 1.42 bits per heavy atom. The molecule has 0 aliphatic rings. The van der Waals surface area contributed by atoms with Crippen molar-refractivity contribution in [3.05, 3.63) is 51.8 Å². The van der Waals surface area contributed by atoms with E-state index in [0.717, 1.165) is 6.07 Å². The monoisotopic (exact) mass is 285 g/mol. The Kier molecular flexibility index (Phi) is 3.87. The minimum atomic E-state index is -0.912. The largest absolute Gasteiger partial charge is 0.324 e. The van der Waals surface area contributed by atoms with Crippen LogP contribution in [-0.2, 0) is 13.5 Å². The predicted molar refractivity (Wildman–Crippen MR) is 69.9 cm³/mol. The van der Waals surface area contributed by atoms with Crippen molar-refractivity contribution in [2.24, 2.45) is 12.8 Å². The van der Waals surface area contributed by atoms with Crippen molar-refractivity contribution in [2.75, 3.05) is 0 Å². The van der Waals surface area contributed by atoms with Crippen molar-refractivity contribution >= 4 is 11.6 Å². The number of hydrogen-bond acceptors (Lipinski definition) is 2. The first-order valence-electron chi connectivity index (χ1n) is 5.79. The van der Waals surface area contributed by atoms with Crippen LogP contribution in [0.2, 0.25) is 5.02 Å². The van der Waals surface area contributed by atoms with Gasteiger partial charge in [0.2, 0.25) is 0 Å². The van der Waals surface area contributed by atoms with E-state index in [2.05, 4.69) is 5.10 Å². The number of aromatic nitrogens is 2. The summed E-state index contributed by atoms with van der Waals surface area (Å²) >= 11 is 6.11. The van der Waals surface area contributed by atoms with Gasteiger partial charge >= 0.3 is 0 Å². The Morgan fingerprint density at radius 3 is 2.68 bits per heavy atom. The van der Waals surface area contributed by atoms with Crippen molar-refractivity contribution in [3.8, 4) is 0 Å². The van der Waals surface area contributed by atoms with Crippen LogP contribution >= 0.6 is 11.6 Å². The molecule has 102 valence electrons. The van der Waals surface area contributed by atoms with Gasteiger partial charge in [-0.15, -0.1) is 0 Å². The van der Waals surface area contributed by atoms with Crippen LogP contribution in [0.1, 0.15) is 23.0 Å². The molecule has 0 bridgehead atoms. The summed E-state index contributed by atoms with van der Waals surface area (Å²) in [6.07, 6.45) is 0.288. The maximum absolute atomic E-state index is 13.7. The van der Waals surface area contributed by atoms with Gasteiger partial charge in [0.25, 0.3) is 0 Å². The normalized spacial score (nSPS) is 12.7. The molecule has 0 fully saturated rings. The van der Waals surface area contributed by atoms with Crippen molar-refractivity contribution in [2.45, 2.75) is 19.4 Å². The first kappa shape index (κ1) is 14.0. The van der Waals surface area contributed by atoms with Gasteiger partial charge in [-0.25, -0.2) is 8.78 Å². The van der Waals surface area contributed by atoms with E-state index in [1.807, 2.05) is 0 Å². The SMILES string of the molecule is Cc1nn(C)c(CC(N)c2cccc(F)c2F)c1Cl. The molecule has 0 amide bonds. The van der Waals surface area contributed by atoms with Gasteiger partial charge in [0.05, 0.1) is 16.4 Å². The maximum Gasteiger partial charge on any atom is 0.163 e. The molecule has 6 heteroatoms. The van der Waals surface area contributed by atoms with Gasteiger partial charge in [0.1, 0.15) is 0 Å². The molecule has 2 N–H and O–H groups in total. The lowest BCUT2D eigenvalue weighted by molar-refractivity contribution is 0.486. The Morgan fingerprint density at radius 2 is 2.11 bits per heavy atom. The summed E-state index contributed by atoms with van der Waals surface area (Å²) in [6.45, 7) is 1.78. The molecule has 0 aliphatic heterocycles. The highest BCUT2D eigenvalue weighted by Crippen LogP contribution is 2.26. The van der Waals surface area contributed by atoms with Crippen molar-refractivity contribution < 1.29 is 8.78 Å². The van der Waals surface area contributed by atoms with E-state index in [-0.39, 0.29) is 12.0 Å². The highest BCUT2D eigenvalue weighted by Gasteiger charge is 2.19. The van der Waals surface area contributed by atoms with Crippen LogP contribution in [0.15, 0.2) is 18.2 Å². The lowest BCUT2D eigenvalue weighted by atomic mass is 10.0. The van der Waals surface area contributed by atoms with Crippen LogP contribution in [0.3, 0.4) is 0 Å². The Labute approximate surface area is 115 Å². The van der Waals surface area contributed by atoms with Crippen LogP contribution in [0.4, 0.5) is 8.78 Å². The molecule has 0 radical (unpaired) electrons. The van der Waals surface area contributed by atoms with Crippen LogP contribution in [0, 0.1) is 18.6 Å². The molecule has 1 unspecified atom stereocenters. The second-order valence-electron chi connectivity index (χ2n) is 4.42. The quantitative estimate of drug-likeness (QED) is 0.942. The fourth-order valence-electron chi connectivity index (χ4n) is 2.03. The summed E-state index contributed by atoms with van der Waals surface area (Å²) in [5, 5.41) is 4.67. The number of nitrogens with zero attached hydrogens (tertiary/aromatic N) is 2. The molecule has 0 aliphatic carbocycles. The standard InChI is InChI=1S/C13H14ClF2N3/c1-7-12(14)11(19(2)18-7)6-10(17)8-4-3-5-9(15)13(8)16/h3-5,10H,6,17H2,1-2H3. The molecular formula is C13H14ClF2N3. The first-order chi connectivity index (χ1) is 8.91. The second-order valence-corrected chi connectivity index (χ2v) is 4.80. The molecule has 3 nitrogen and oxygen atoms in total. The van der Waals surface area contributed by atoms with Crippen LogP contribution in [0.25, 0.3) is 0 Å².